The van der Waals surface area contributed by atoms with Crippen LogP contribution in [0.15, 0.2) is 0 Å². The molecule has 0 aromatic rings. The van der Waals surface area contributed by atoms with Crippen molar-refractivity contribution in [1.82, 2.24) is 0 Å². The van der Waals surface area contributed by atoms with Crippen molar-refractivity contribution in [2.24, 2.45) is 11.8 Å². The molecule has 15 heavy (non-hydrogen) atoms. The van der Waals surface area contributed by atoms with Crippen LogP contribution in [0.25, 0.3) is 0 Å². The second-order valence-corrected chi connectivity index (χ2v) is 4.95. The van der Waals surface area contributed by atoms with Gasteiger partial charge in [0, 0.05) is 0 Å². The van der Waals surface area contributed by atoms with Gasteiger partial charge in [-0.15, -0.1) is 0 Å². The summed E-state index contributed by atoms with van der Waals surface area (Å²) < 4.78 is 0. The molecule has 2 fully saturated rings. The zero-order valence-corrected chi connectivity index (χ0v) is 11.5. The Balaban J connectivity index is 0.000000227. The SMILES string of the molecule is CC.CC1CCCC1.CCC1CCCC1. The summed E-state index contributed by atoms with van der Waals surface area (Å²) in [7, 11) is 0. The lowest BCUT2D eigenvalue weighted by atomic mass is 10.1. The van der Waals surface area contributed by atoms with Gasteiger partial charge in [0.05, 0.1) is 0 Å². The molecule has 0 N–H and O–H groups in total. The van der Waals surface area contributed by atoms with E-state index in [0.29, 0.717) is 0 Å². The van der Waals surface area contributed by atoms with Crippen LogP contribution < -0.4 is 0 Å². The van der Waals surface area contributed by atoms with Gasteiger partial charge in [0.1, 0.15) is 0 Å². The molecule has 0 nitrogen and oxygen atoms in total. The number of hydrogen-bond acceptors (Lipinski definition) is 0. The Hall–Kier alpha value is 0. The minimum Gasteiger partial charge on any atom is -0.0683 e. The fraction of sp³-hybridized carbons (Fsp3) is 1.00. The van der Waals surface area contributed by atoms with Crippen molar-refractivity contribution in [2.45, 2.75) is 85.5 Å². The Morgan fingerprint density at radius 3 is 1.40 bits per heavy atom. The zero-order valence-electron chi connectivity index (χ0n) is 11.5. The summed E-state index contributed by atoms with van der Waals surface area (Å²) >= 11 is 0. The largest absolute Gasteiger partial charge is 0.0683 e. The quantitative estimate of drug-likeness (QED) is 0.514. The van der Waals surface area contributed by atoms with Gasteiger partial charge < -0.3 is 0 Å². The Morgan fingerprint density at radius 2 is 1.20 bits per heavy atom. The minimum absolute atomic E-state index is 1.05. The van der Waals surface area contributed by atoms with Crippen LogP contribution in [0.3, 0.4) is 0 Å². The molecule has 0 spiro atoms. The van der Waals surface area contributed by atoms with E-state index < -0.39 is 0 Å². The topological polar surface area (TPSA) is 0 Å². The molecule has 0 heteroatoms. The maximum atomic E-state index is 2.34. The zero-order chi connectivity index (χ0) is 11.5. The Kier molecular flexibility index (Phi) is 10.5. The number of hydrogen-bond donors (Lipinski definition) is 0. The van der Waals surface area contributed by atoms with E-state index in [1.54, 1.807) is 0 Å². The Labute approximate surface area is 97.8 Å². The standard InChI is InChI=1S/C7H14.C6H12.C2H6/c1-2-7-5-3-4-6-7;1-6-4-2-3-5-6;1-2/h7H,2-6H2,1H3;6H,2-5H2,1H3;1-2H3. The van der Waals surface area contributed by atoms with Crippen LogP contribution in [0.2, 0.25) is 0 Å². The molecule has 2 rings (SSSR count). The van der Waals surface area contributed by atoms with Gasteiger partial charge in [-0.2, -0.15) is 0 Å². The van der Waals surface area contributed by atoms with Crippen LogP contribution in [-0.2, 0) is 0 Å². The number of rotatable bonds is 1. The highest BCUT2D eigenvalue weighted by molar-refractivity contribution is 4.64. The van der Waals surface area contributed by atoms with Crippen LogP contribution in [0.1, 0.15) is 85.5 Å². The van der Waals surface area contributed by atoms with E-state index in [1.807, 2.05) is 13.8 Å². The highest BCUT2D eigenvalue weighted by Crippen LogP contribution is 2.26. The second-order valence-electron chi connectivity index (χ2n) is 4.95. The first kappa shape index (κ1) is 15.0. The van der Waals surface area contributed by atoms with E-state index in [0.717, 1.165) is 11.8 Å². The summed E-state index contributed by atoms with van der Waals surface area (Å²) in [6, 6.07) is 0. The van der Waals surface area contributed by atoms with Gasteiger partial charge >= 0.3 is 0 Å². The minimum atomic E-state index is 1.05. The van der Waals surface area contributed by atoms with Gasteiger partial charge in [-0.25, -0.2) is 0 Å². The van der Waals surface area contributed by atoms with Crippen LogP contribution in [0.5, 0.6) is 0 Å². The highest BCUT2D eigenvalue weighted by atomic mass is 14.2. The van der Waals surface area contributed by atoms with Gasteiger partial charge in [-0.1, -0.05) is 85.5 Å². The molecular formula is C15H32. The van der Waals surface area contributed by atoms with E-state index in [1.165, 1.54) is 57.8 Å². The molecule has 2 saturated carbocycles. The summed E-state index contributed by atoms with van der Waals surface area (Å²) in [5.74, 6) is 2.14. The lowest BCUT2D eigenvalue weighted by molar-refractivity contribution is 0.531. The van der Waals surface area contributed by atoms with Crippen molar-refractivity contribution in [3.63, 3.8) is 0 Å². The molecule has 0 unspecified atom stereocenters. The van der Waals surface area contributed by atoms with Crippen molar-refractivity contribution in [2.75, 3.05) is 0 Å². The fourth-order valence-electron chi connectivity index (χ4n) is 2.55. The molecule has 0 aromatic heterocycles. The maximum Gasteiger partial charge on any atom is -0.0417 e. The van der Waals surface area contributed by atoms with Crippen molar-refractivity contribution in [1.29, 1.82) is 0 Å². The van der Waals surface area contributed by atoms with E-state index in [-0.39, 0.29) is 0 Å². The van der Waals surface area contributed by atoms with Crippen molar-refractivity contribution < 1.29 is 0 Å². The van der Waals surface area contributed by atoms with Gasteiger partial charge in [-0.3, -0.25) is 0 Å². The fourth-order valence-corrected chi connectivity index (χ4v) is 2.55. The first-order chi connectivity index (χ1) is 7.33. The Morgan fingerprint density at radius 1 is 0.800 bits per heavy atom. The van der Waals surface area contributed by atoms with Gasteiger partial charge in [0.2, 0.25) is 0 Å². The molecular weight excluding hydrogens is 180 g/mol. The summed E-state index contributed by atoms with van der Waals surface area (Å²) in [5, 5.41) is 0. The van der Waals surface area contributed by atoms with Gasteiger partial charge in [0.25, 0.3) is 0 Å². The van der Waals surface area contributed by atoms with Gasteiger partial charge in [-0.05, 0) is 11.8 Å². The molecule has 92 valence electrons. The summed E-state index contributed by atoms with van der Waals surface area (Å²) in [4.78, 5) is 0. The van der Waals surface area contributed by atoms with E-state index >= 15 is 0 Å². The molecule has 0 aliphatic heterocycles. The van der Waals surface area contributed by atoms with Crippen LogP contribution in [0, 0.1) is 11.8 Å². The normalized spacial score (nSPS) is 21.6. The van der Waals surface area contributed by atoms with Crippen LogP contribution in [0.4, 0.5) is 0 Å². The van der Waals surface area contributed by atoms with Crippen molar-refractivity contribution in [3.05, 3.63) is 0 Å². The van der Waals surface area contributed by atoms with E-state index in [2.05, 4.69) is 13.8 Å². The first-order valence-corrected chi connectivity index (χ1v) is 7.33. The third kappa shape index (κ3) is 7.88. The summed E-state index contributed by atoms with van der Waals surface area (Å²) in [6.45, 7) is 8.64. The third-order valence-corrected chi connectivity index (χ3v) is 3.70. The summed E-state index contributed by atoms with van der Waals surface area (Å²) in [5.41, 5.74) is 0. The first-order valence-electron chi connectivity index (χ1n) is 7.33. The molecule has 0 saturated heterocycles. The van der Waals surface area contributed by atoms with Crippen LogP contribution in [-0.4, -0.2) is 0 Å². The molecule has 0 radical (unpaired) electrons. The third-order valence-electron chi connectivity index (χ3n) is 3.70. The predicted molar refractivity (Wildman–Crippen MR) is 71.2 cm³/mol. The molecule has 0 bridgehead atoms. The maximum absolute atomic E-state index is 2.34. The second kappa shape index (κ2) is 10.5. The predicted octanol–water partition coefficient (Wildman–Crippen LogP) is 5.81. The highest BCUT2D eigenvalue weighted by Gasteiger charge is 2.11. The molecule has 2 aliphatic rings. The average Bonchev–Trinajstić information content (AvgIpc) is 2.93. The van der Waals surface area contributed by atoms with Crippen LogP contribution >= 0.6 is 0 Å². The van der Waals surface area contributed by atoms with Gasteiger partial charge in [0.15, 0.2) is 0 Å². The van der Waals surface area contributed by atoms with E-state index in [9.17, 15) is 0 Å². The molecule has 0 aromatic carbocycles. The lowest BCUT2D eigenvalue weighted by Crippen LogP contribution is -1.86. The van der Waals surface area contributed by atoms with E-state index in [4.69, 9.17) is 0 Å². The lowest BCUT2D eigenvalue weighted by Gasteiger charge is -1.99. The molecule has 0 amide bonds. The summed E-state index contributed by atoms with van der Waals surface area (Å²) in [6.07, 6.45) is 13.4. The molecule has 2 aliphatic carbocycles. The molecule has 0 atom stereocenters. The molecule has 0 heterocycles. The van der Waals surface area contributed by atoms with Crippen molar-refractivity contribution >= 4 is 0 Å². The van der Waals surface area contributed by atoms with Crippen molar-refractivity contribution in [3.8, 4) is 0 Å². The monoisotopic (exact) mass is 212 g/mol. The smallest absolute Gasteiger partial charge is 0.0417 e. The average molecular weight is 212 g/mol. The Bertz CT molecular complexity index is 105.